The first-order chi connectivity index (χ1) is 15.2. The van der Waals surface area contributed by atoms with E-state index in [0.29, 0.717) is 12.6 Å². The third-order valence-corrected chi connectivity index (χ3v) is 6.14. The van der Waals surface area contributed by atoms with Gasteiger partial charge in [0.05, 0.1) is 24.5 Å². The smallest absolute Gasteiger partial charge is 0.265 e. The van der Waals surface area contributed by atoms with Crippen LogP contribution >= 0.6 is 0 Å². The van der Waals surface area contributed by atoms with Crippen molar-refractivity contribution in [2.45, 2.75) is 44.3 Å². The number of piperidine rings is 1. The van der Waals surface area contributed by atoms with Crippen molar-refractivity contribution >= 4 is 17.6 Å². The Bertz CT molecular complexity index is 758. The van der Waals surface area contributed by atoms with E-state index in [9.17, 15) is 4.79 Å². The summed E-state index contributed by atoms with van der Waals surface area (Å²) < 4.78 is 17.2. The average molecular weight is 431 g/mol. The van der Waals surface area contributed by atoms with Gasteiger partial charge in [-0.05, 0) is 44.2 Å². The van der Waals surface area contributed by atoms with E-state index in [0.717, 1.165) is 82.3 Å². The normalized spacial score (nSPS) is 22.4. The number of aliphatic imine (C=N–C) groups is 1. The molecule has 1 aromatic rings. The molecule has 0 aromatic heterocycles. The van der Waals surface area contributed by atoms with Crippen molar-refractivity contribution in [1.82, 2.24) is 10.2 Å². The predicted octanol–water partition coefficient (Wildman–Crippen LogP) is 2.04. The van der Waals surface area contributed by atoms with Gasteiger partial charge in [0.2, 0.25) is 0 Å². The molecule has 2 saturated heterocycles. The predicted molar refractivity (Wildman–Crippen MR) is 120 cm³/mol. The van der Waals surface area contributed by atoms with Gasteiger partial charge in [0, 0.05) is 39.8 Å². The molecule has 3 aliphatic rings. The third kappa shape index (κ3) is 5.68. The lowest BCUT2D eigenvalue weighted by molar-refractivity contribution is -0.121. The molecule has 1 unspecified atom stereocenters. The van der Waals surface area contributed by atoms with E-state index in [4.69, 9.17) is 14.2 Å². The lowest BCUT2D eigenvalue weighted by Crippen LogP contribution is -2.48. The van der Waals surface area contributed by atoms with Crippen molar-refractivity contribution in [1.29, 1.82) is 0 Å². The number of anilines is 1. The van der Waals surface area contributed by atoms with Crippen LogP contribution in [-0.4, -0.2) is 82.0 Å². The molecule has 1 atom stereocenters. The molecule has 1 aromatic carbocycles. The molecule has 0 bridgehead atoms. The van der Waals surface area contributed by atoms with Gasteiger partial charge in [0.25, 0.3) is 5.91 Å². The van der Waals surface area contributed by atoms with E-state index in [1.54, 1.807) is 0 Å². The maximum atomic E-state index is 12.3. The Balaban J connectivity index is 1.17. The number of rotatable bonds is 7. The molecule has 8 nitrogen and oxygen atoms in total. The van der Waals surface area contributed by atoms with E-state index in [-0.39, 0.29) is 18.6 Å². The minimum absolute atomic E-state index is 0.00755. The van der Waals surface area contributed by atoms with Gasteiger partial charge < -0.3 is 29.3 Å². The van der Waals surface area contributed by atoms with Crippen LogP contribution < -0.4 is 15.0 Å². The fourth-order valence-corrected chi connectivity index (χ4v) is 4.42. The number of ether oxygens (including phenoxy) is 3. The minimum atomic E-state index is 0.00755. The first-order valence-corrected chi connectivity index (χ1v) is 11.5. The van der Waals surface area contributed by atoms with Crippen LogP contribution in [0, 0.1) is 0 Å². The Kier molecular flexibility index (Phi) is 7.64. The number of likely N-dealkylation sites (tertiary alicyclic amines) is 1. The monoisotopic (exact) mass is 430 g/mol. The number of amides is 1. The van der Waals surface area contributed by atoms with Crippen LogP contribution in [0.1, 0.15) is 32.1 Å². The molecule has 3 aliphatic heterocycles. The highest BCUT2D eigenvalue weighted by atomic mass is 16.5. The van der Waals surface area contributed by atoms with Crippen molar-refractivity contribution in [2.24, 2.45) is 4.99 Å². The number of hydrogen-bond donors (Lipinski definition) is 1. The maximum Gasteiger partial charge on any atom is 0.265 e. The molecule has 0 spiro atoms. The summed E-state index contributed by atoms with van der Waals surface area (Å²) in [6.07, 6.45) is 5.72. The van der Waals surface area contributed by atoms with E-state index >= 15 is 0 Å². The lowest BCUT2D eigenvalue weighted by Gasteiger charge is -2.34. The zero-order chi connectivity index (χ0) is 21.5. The molecule has 1 amide bonds. The number of carbonyl (C=O) groups excluding carboxylic acids is 1. The average Bonchev–Trinajstić information content (AvgIpc) is 3.33. The number of hydrogen-bond acceptors (Lipinski definition) is 5. The maximum absolute atomic E-state index is 12.3. The Morgan fingerprint density at radius 2 is 2.10 bits per heavy atom. The summed E-state index contributed by atoms with van der Waals surface area (Å²) in [4.78, 5) is 20.8. The van der Waals surface area contributed by atoms with Crippen molar-refractivity contribution in [3.8, 4) is 5.75 Å². The fraction of sp³-hybridized carbons (Fsp3) is 0.652. The molecule has 2 fully saturated rings. The summed E-state index contributed by atoms with van der Waals surface area (Å²) in [7, 11) is 1.82. The van der Waals surface area contributed by atoms with Gasteiger partial charge in [-0.1, -0.05) is 12.1 Å². The van der Waals surface area contributed by atoms with E-state index in [1.807, 2.05) is 36.2 Å². The molecule has 4 rings (SSSR count). The minimum Gasteiger partial charge on any atom is -0.482 e. The van der Waals surface area contributed by atoms with Gasteiger partial charge in [-0.3, -0.25) is 9.79 Å². The summed E-state index contributed by atoms with van der Waals surface area (Å²) in [6, 6.07) is 7.70. The number of nitrogens with zero attached hydrogens (tertiary/aromatic N) is 3. The fourth-order valence-electron chi connectivity index (χ4n) is 4.42. The zero-order valence-corrected chi connectivity index (χ0v) is 18.4. The van der Waals surface area contributed by atoms with Crippen molar-refractivity contribution in [3.63, 3.8) is 0 Å². The number of para-hydroxylation sites is 2. The van der Waals surface area contributed by atoms with E-state index in [1.165, 1.54) is 0 Å². The molecule has 0 aliphatic carbocycles. The number of nitrogens with one attached hydrogen (secondary N) is 1. The molecule has 31 heavy (non-hydrogen) atoms. The van der Waals surface area contributed by atoms with Gasteiger partial charge in [0.1, 0.15) is 5.75 Å². The molecular formula is C23H34N4O4. The Morgan fingerprint density at radius 3 is 2.87 bits per heavy atom. The van der Waals surface area contributed by atoms with Crippen LogP contribution in [0.15, 0.2) is 29.3 Å². The molecule has 0 radical (unpaired) electrons. The summed E-state index contributed by atoms with van der Waals surface area (Å²) >= 11 is 0. The first-order valence-electron chi connectivity index (χ1n) is 11.5. The quantitative estimate of drug-likeness (QED) is 0.405. The van der Waals surface area contributed by atoms with Crippen LogP contribution in [0.4, 0.5) is 5.69 Å². The topological polar surface area (TPSA) is 75.6 Å². The van der Waals surface area contributed by atoms with Gasteiger partial charge in [-0.25, -0.2) is 0 Å². The van der Waals surface area contributed by atoms with Crippen LogP contribution in [0.5, 0.6) is 5.75 Å². The second-order valence-corrected chi connectivity index (χ2v) is 8.28. The van der Waals surface area contributed by atoms with Crippen LogP contribution in [0.25, 0.3) is 0 Å². The Morgan fingerprint density at radius 1 is 1.26 bits per heavy atom. The molecule has 170 valence electrons. The molecule has 3 heterocycles. The number of benzene rings is 1. The Hall–Kier alpha value is -2.32. The molecule has 0 saturated carbocycles. The second kappa shape index (κ2) is 10.8. The highest BCUT2D eigenvalue weighted by Gasteiger charge is 2.26. The molecule has 1 N–H and O–H groups in total. The summed E-state index contributed by atoms with van der Waals surface area (Å²) in [6.45, 7) is 4.99. The van der Waals surface area contributed by atoms with Gasteiger partial charge in [0.15, 0.2) is 12.6 Å². The SMILES string of the molecule is CN=C(NCCCN1C(=O)COc2ccccc21)N1CCC(OCC2CCCO2)CC1. The van der Waals surface area contributed by atoms with Gasteiger partial charge in [-0.2, -0.15) is 0 Å². The van der Waals surface area contributed by atoms with Crippen molar-refractivity contribution < 1.29 is 19.0 Å². The van der Waals surface area contributed by atoms with Crippen LogP contribution in [-0.2, 0) is 14.3 Å². The van der Waals surface area contributed by atoms with E-state index < -0.39 is 0 Å². The summed E-state index contributed by atoms with van der Waals surface area (Å²) in [5.41, 5.74) is 0.855. The number of guanidine groups is 1. The molecule has 8 heteroatoms. The molecular weight excluding hydrogens is 396 g/mol. The van der Waals surface area contributed by atoms with Gasteiger partial charge in [-0.15, -0.1) is 0 Å². The standard InChI is InChI=1S/C23H34N4O4/c1-24-23(26-13-9-18(10-14-26)30-16-19-6-4-15-29-19)25-11-5-12-27-20-7-2-3-8-21(20)31-17-22(27)28/h2-3,7-8,18-19H,4-6,9-17H2,1H3,(H,24,25). The second-order valence-electron chi connectivity index (χ2n) is 8.28. The van der Waals surface area contributed by atoms with Gasteiger partial charge >= 0.3 is 0 Å². The van der Waals surface area contributed by atoms with Crippen LogP contribution in [0.3, 0.4) is 0 Å². The van der Waals surface area contributed by atoms with Crippen molar-refractivity contribution in [2.75, 3.05) is 57.9 Å². The number of carbonyl (C=O) groups is 1. The highest BCUT2D eigenvalue weighted by Crippen LogP contribution is 2.31. The summed E-state index contributed by atoms with van der Waals surface area (Å²) in [5.74, 6) is 1.70. The van der Waals surface area contributed by atoms with Crippen LogP contribution in [0.2, 0.25) is 0 Å². The Labute approximate surface area is 184 Å². The third-order valence-electron chi connectivity index (χ3n) is 6.14. The highest BCUT2D eigenvalue weighted by molar-refractivity contribution is 5.97. The number of fused-ring (bicyclic) bond motifs is 1. The zero-order valence-electron chi connectivity index (χ0n) is 18.4. The first kappa shape index (κ1) is 21.9. The summed E-state index contributed by atoms with van der Waals surface area (Å²) in [5, 5.41) is 3.46. The lowest BCUT2D eigenvalue weighted by atomic mass is 10.1. The van der Waals surface area contributed by atoms with E-state index in [2.05, 4.69) is 15.2 Å². The largest absolute Gasteiger partial charge is 0.482 e. The van der Waals surface area contributed by atoms with Crippen molar-refractivity contribution in [3.05, 3.63) is 24.3 Å².